The number of amides is 2. The fraction of sp³-hybridized carbons (Fsp3) is 0.235. The van der Waals surface area contributed by atoms with Crippen molar-refractivity contribution in [2.24, 2.45) is 7.05 Å². The molecule has 0 aliphatic carbocycles. The topological polar surface area (TPSA) is 144 Å². The maximum absolute atomic E-state index is 12.6. The van der Waals surface area contributed by atoms with Gasteiger partial charge in [0, 0.05) is 13.6 Å². The summed E-state index contributed by atoms with van der Waals surface area (Å²) in [6.45, 7) is 2.36. The molecule has 0 spiro atoms. The first-order chi connectivity index (χ1) is 13.4. The summed E-state index contributed by atoms with van der Waals surface area (Å²) in [5.74, 6) is -1.88. The molecule has 3 rings (SSSR count). The van der Waals surface area contributed by atoms with E-state index < -0.39 is 17.8 Å². The zero-order valence-corrected chi connectivity index (χ0v) is 15.2. The summed E-state index contributed by atoms with van der Waals surface area (Å²) in [6, 6.07) is 3.42. The highest BCUT2D eigenvalue weighted by molar-refractivity contribution is 6.12. The van der Waals surface area contributed by atoms with Crippen LogP contribution in [-0.4, -0.2) is 42.5 Å². The molecule has 2 amide bonds. The van der Waals surface area contributed by atoms with Crippen LogP contribution in [0.25, 0.3) is 0 Å². The van der Waals surface area contributed by atoms with Crippen molar-refractivity contribution in [2.75, 3.05) is 5.32 Å². The minimum absolute atomic E-state index is 0.124. The molecule has 11 nitrogen and oxygen atoms in total. The van der Waals surface area contributed by atoms with E-state index in [1.165, 1.54) is 24.2 Å². The predicted octanol–water partition coefficient (Wildman–Crippen LogP) is 1.11. The van der Waals surface area contributed by atoms with E-state index in [1.807, 2.05) is 0 Å². The molecule has 0 atom stereocenters. The summed E-state index contributed by atoms with van der Waals surface area (Å²) >= 11 is 0. The van der Waals surface area contributed by atoms with Crippen LogP contribution in [0, 0.1) is 0 Å². The van der Waals surface area contributed by atoms with Gasteiger partial charge in [-0.1, -0.05) is 0 Å². The van der Waals surface area contributed by atoms with Gasteiger partial charge in [-0.15, -0.1) is 0 Å². The van der Waals surface area contributed by atoms with Crippen LogP contribution < -0.4 is 10.6 Å². The van der Waals surface area contributed by atoms with Gasteiger partial charge in [-0.05, 0) is 19.1 Å². The number of carboxylic acids is 1. The predicted molar refractivity (Wildman–Crippen MR) is 95.9 cm³/mol. The van der Waals surface area contributed by atoms with Crippen LogP contribution >= 0.6 is 0 Å². The monoisotopic (exact) mass is 386 g/mol. The Morgan fingerprint density at radius 2 is 1.96 bits per heavy atom. The van der Waals surface area contributed by atoms with Crippen LogP contribution in [0.5, 0.6) is 0 Å². The van der Waals surface area contributed by atoms with Crippen LogP contribution in [0.1, 0.15) is 44.0 Å². The molecule has 11 heteroatoms. The Morgan fingerprint density at radius 1 is 1.18 bits per heavy atom. The van der Waals surface area contributed by atoms with Crippen molar-refractivity contribution in [3.8, 4) is 0 Å². The molecular weight excluding hydrogens is 368 g/mol. The second kappa shape index (κ2) is 7.78. The molecule has 3 aromatic rings. The van der Waals surface area contributed by atoms with Crippen LogP contribution in [-0.2, 0) is 20.1 Å². The van der Waals surface area contributed by atoms with E-state index in [0.717, 1.165) is 10.9 Å². The number of hydrogen-bond acceptors (Lipinski definition) is 6. The average molecular weight is 386 g/mol. The Labute approximate surface area is 158 Å². The SMILES string of the molecule is CCn1ncc(NC(=O)c2cnn(C)c2C(=O)O)c1C(=O)NCc1ccco1. The summed E-state index contributed by atoms with van der Waals surface area (Å²) in [7, 11) is 1.42. The van der Waals surface area contributed by atoms with Crippen molar-refractivity contribution in [1.82, 2.24) is 24.9 Å². The molecule has 0 saturated carbocycles. The minimum atomic E-state index is -1.29. The number of carboxylic acid groups (broad SMARTS) is 1. The minimum Gasteiger partial charge on any atom is -0.477 e. The molecule has 0 bridgehead atoms. The first kappa shape index (κ1) is 18.9. The first-order valence-electron chi connectivity index (χ1n) is 8.35. The van der Waals surface area contributed by atoms with Crippen molar-refractivity contribution in [1.29, 1.82) is 0 Å². The number of carbonyl (C=O) groups is 3. The third-order valence-corrected chi connectivity index (χ3v) is 3.99. The van der Waals surface area contributed by atoms with E-state index in [1.54, 1.807) is 19.1 Å². The van der Waals surface area contributed by atoms with E-state index >= 15 is 0 Å². The number of nitrogens with zero attached hydrogens (tertiary/aromatic N) is 4. The number of carbonyl (C=O) groups excluding carboxylic acids is 2. The normalized spacial score (nSPS) is 10.6. The Kier molecular flexibility index (Phi) is 5.25. The van der Waals surface area contributed by atoms with Gasteiger partial charge in [0.25, 0.3) is 11.8 Å². The average Bonchev–Trinajstić information content (AvgIpc) is 3.38. The zero-order chi connectivity index (χ0) is 20.3. The summed E-state index contributed by atoms with van der Waals surface area (Å²) < 4.78 is 7.69. The summed E-state index contributed by atoms with van der Waals surface area (Å²) in [6.07, 6.45) is 3.98. The van der Waals surface area contributed by atoms with Crippen molar-refractivity contribution >= 4 is 23.5 Å². The number of aromatic carboxylic acids is 1. The van der Waals surface area contributed by atoms with Gasteiger partial charge in [-0.25, -0.2) is 4.79 Å². The molecule has 0 aromatic carbocycles. The fourth-order valence-electron chi connectivity index (χ4n) is 2.67. The maximum atomic E-state index is 12.6. The number of rotatable bonds is 7. The quantitative estimate of drug-likeness (QED) is 0.551. The molecule has 3 aromatic heterocycles. The number of aromatic nitrogens is 4. The number of anilines is 1. The van der Waals surface area contributed by atoms with Gasteiger partial charge >= 0.3 is 5.97 Å². The second-order valence-corrected chi connectivity index (χ2v) is 5.77. The Hall–Kier alpha value is -3.89. The van der Waals surface area contributed by atoms with Gasteiger partial charge in [0.2, 0.25) is 0 Å². The van der Waals surface area contributed by atoms with Crippen molar-refractivity contribution in [3.63, 3.8) is 0 Å². The highest BCUT2D eigenvalue weighted by Gasteiger charge is 2.25. The molecule has 0 radical (unpaired) electrons. The third kappa shape index (κ3) is 3.63. The van der Waals surface area contributed by atoms with Gasteiger partial charge in [0.15, 0.2) is 5.69 Å². The third-order valence-electron chi connectivity index (χ3n) is 3.99. The molecule has 0 aliphatic heterocycles. The zero-order valence-electron chi connectivity index (χ0n) is 15.2. The summed E-state index contributed by atoms with van der Waals surface area (Å²) in [5, 5.41) is 22.4. The van der Waals surface area contributed by atoms with Gasteiger partial charge < -0.3 is 20.2 Å². The van der Waals surface area contributed by atoms with Crippen molar-refractivity contribution in [2.45, 2.75) is 20.0 Å². The lowest BCUT2D eigenvalue weighted by Crippen LogP contribution is -2.27. The van der Waals surface area contributed by atoms with Crippen molar-refractivity contribution < 1.29 is 23.9 Å². The van der Waals surface area contributed by atoms with Gasteiger partial charge in [0.05, 0.1) is 36.5 Å². The molecule has 0 fully saturated rings. The number of aryl methyl sites for hydroxylation is 2. The Bertz CT molecular complexity index is 1020. The summed E-state index contributed by atoms with van der Waals surface area (Å²) in [5.41, 5.74) is -0.0856. The largest absolute Gasteiger partial charge is 0.477 e. The van der Waals surface area contributed by atoms with Crippen molar-refractivity contribution in [3.05, 3.63) is 53.5 Å². The molecule has 0 unspecified atom stereocenters. The molecule has 0 aliphatic rings. The summed E-state index contributed by atoms with van der Waals surface area (Å²) in [4.78, 5) is 36.5. The number of hydrogen-bond donors (Lipinski definition) is 3. The first-order valence-corrected chi connectivity index (χ1v) is 8.35. The van der Waals surface area contributed by atoms with E-state index in [9.17, 15) is 19.5 Å². The van der Waals surface area contributed by atoms with Gasteiger partial charge in [0.1, 0.15) is 11.5 Å². The highest BCUT2D eigenvalue weighted by Crippen LogP contribution is 2.18. The van der Waals surface area contributed by atoms with Crippen LogP contribution in [0.2, 0.25) is 0 Å². The number of nitrogens with one attached hydrogen (secondary N) is 2. The van der Waals surface area contributed by atoms with E-state index in [-0.39, 0.29) is 29.2 Å². The second-order valence-electron chi connectivity index (χ2n) is 5.77. The Balaban J connectivity index is 1.83. The molecule has 0 saturated heterocycles. The molecule has 3 N–H and O–H groups in total. The molecule has 3 heterocycles. The van der Waals surface area contributed by atoms with E-state index in [0.29, 0.717) is 12.3 Å². The molecule has 146 valence electrons. The Morgan fingerprint density at radius 3 is 2.61 bits per heavy atom. The lowest BCUT2D eigenvalue weighted by molar-refractivity contribution is 0.0680. The lowest BCUT2D eigenvalue weighted by atomic mass is 10.2. The molecular formula is C17H18N6O5. The van der Waals surface area contributed by atoms with Gasteiger partial charge in [-0.2, -0.15) is 10.2 Å². The van der Waals surface area contributed by atoms with E-state index in [4.69, 9.17) is 4.42 Å². The highest BCUT2D eigenvalue weighted by atomic mass is 16.4. The van der Waals surface area contributed by atoms with Crippen LogP contribution in [0.4, 0.5) is 5.69 Å². The smallest absolute Gasteiger partial charge is 0.354 e. The molecule has 28 heavy (non-hydrogen) atoms. The maximum Gasteiger partial charge on any atom is 0.354 e. The standard InChI is InChI=1S/C17H18N6O5/c1-3-23-14(16(25)18-7-10-5-4-6-28-10)12(9-20-23)21-15(24)11-8-19-22(2)13(11)17(26)27/h4-6,8-9H,3,7H2,1-2H3,(H,18,25)(H,21,24)(H,26,27). The van der Waals surface area contributed by atoms with Gasteiger partial charge in [-0.3, -0.25) is 19.0 Å². The number of furan rings is 1. The fourth-order valence-corrected chi connectivity index (χ4v) is 2.67. The van der Waals surface area contributed by atoms with E-state index in [2.05, 4.69) is 20.8 Å². The van der Waals surface area contributed by atoms with Crippen LogP contribution in [0.15, 0.2) is 35.2 Å². The van der Waals surface area contributed by atoms with Crippen LogP contribution in [0.3, 0.4) is 0 Å². The lowest BCUT2D eigenvalue weighted by Gasteiger charge is -2.09.